The Morgan fingerprint density at radius 2 is 2.00 bits per heavy atom. The number of aromatic amines is 1. The van der Waals surface area contributed by atoms with Crippen LogP contribution in [0.4, 0.5) is 0 Å². The van der Waals surface area contributed by atoms with E-state index in [1.165, 1.54) is 31.2 Å². The topological polar surface area (TPSA) is 29.9 Å². The highest BCUT2D eigenvalue weighted by atomic mass is 32.1. The summed E-state index contributed by atoms with van der Waals surface area (Å²) in [5.74, 6) is 2.61. The lowest BCUT2D eigenvalue weighted by atomic mass is 10.1. The molecule has 3 nitrogen and oxygen atoms in total. The highest BCUT2D eigenvalue weighted by molar-refractivity contribution is 7.71. The van der Waals surface area contributed by atoms with Crippen molar-refractivity contribution in [2.24, 2.45) is 11.8 Å². The number of benzene rings is 1. The number of rotatable bonds is 6. The fraction of sp³-hybridized carbons (Fsp3) is 0.588. The van der Waals surface area contributed by atoms with Crippen LogP contribution in [-0.2, 0) is 0 Å². The van der Waals surface area contributed by atoms with Gasteiger partial charge >= 0.3 is 0 Å². The van der Waals surface area contributed by atoms with Crippen molar-refractivity contribution in [3.05, 3.63) is 23.0 Å². The summed E-state index contributed by atoms with van der Waals surface area (Å²) in [7, 11) is 0. The van der Waals surface area contributed by atoms with Crippen LogP contribution in [0.5, 0.6) is 5.75 Å². The van der Waals surface area contributed by atoms with E-state index in [4.69, 9.17) is 17.0 Å². The molecule has 4 heteroatoms. The number of nitrogens with one attached hydrogen (secondary N) is 1. The molecule has 21 heavy (non-hydrogen) atoms. The molecule has 2 fully saturated rings. The molecular formula is C17H22N2OS. The molecule has 1 heterocycles. The van der Waals surface area contributed by atoms with Gasteiger partial charge in [-0.2, -0.15) is 0 Å². The zero-order valence-corrected chi connectivity index (χ0v) is 13.3. The van der Waals surface area contributed by atoms with E-state index in [9.17, 15) is 0 Å². The van der Waals surface area contributed by atoms with Gasteiger partial charge in [0.1, 0.15) is 11.3 Å². The molecule has 1 aromatic heterocycles. The van der Waals surface area contributed by atoms with E-state index in [0.29, 0.717) is 6.04 Å². The van der Waals surface area contributed by atoms with E-state index in [-0.39, 0.29) is 0 Å². The van der Waals surface area contributed by atoms with Gasteiger partial charge in [-0.15, -0.1) is 0 Å². The maximum absolute atomic E-state index is 5.88. The van der Waals surface area contributed by atoms with Crippen LogP contribution < -0.4 is 4.74 Å². The molecule has 2 aliphatic carbocycles. The van der Waals surface area contributed by atoms with E-state index in [0.717, 1.165) is 40.9 Å². The zero-order chi connectivity index (χ0) is 14.4. The smallest absolute Gasteiger partial charge is 0.178 e. The van der Waals surface area contributed by atoms with Crippen molar-refractivity contribution in [2.45, 2.75) is 45.1 Å². The Labute approximate surface area is 130 Å². The standard InChI is InChI=1S/C17H22N2OS/c1-2-10-20-14-5-3-4-13-15(14)18-17(21)19(13)16(11-6-7-11)12-8-9-12/h3-5,11-12,16H,2,6-10H2,1H3,(H,18,21). The maximum atomic E-state index is 5.88. The number of hydrogen-bond donors (Lipinski definition) is 1. The van der Waals surface area contributed by atoms with Crippen LogP contribution in [0.3, 0.4) is 0 Å². The summed E-state index contributed by atoms with van der Waals surface area (Å²) in [6, 6.07) is 6.91. The van der Waals surface area contributed by atoms with Crippen molar-refractivity contribution in [1.29, 1.82) is 0 Å². The first kappa shape index (κ1) is 13.4. The summed E-state index contributed by atoms with van der Waals surface area (Å²) < 4.78 is 9.13. The van der Waals surface area contributed by atoms with E-state index >= 15 is 0 Å². The largest absolute Gasteiger partial charge is 0.491 e. The van der Waals surface area contributed by atoms with Gasteiger partial charge in [-0.1, -0.05) is 13.0 Å². The molecule has 0 radical (unpaired) electrons. The van der Waals surface area contributed by atoms with Crippen LogP contribution in [0, 0.1) is 16.6 Å². The predicted octanol–water partition coefficient (Wildman–Crippen LogP) is 4.85. The number of H-pyrrole nitrogens is 1. The second-order valence-electron chi connectivity index (χ2n) is 6.46. The van der Waals surface area contributed by atoms with Crippen molar-refractivity contribution in [3.8, 4) is 5.75 Å². The summed E-state index contributed by atoms with van der Waals surface area (Å²) >= 11 is 5.65. The molecule has 2 aromatic rings. The minimum Gasteiger partial charge on any atom is -0.491 e. The third kappa shape index (κ3) is 2.39. The van der Waals surface area contributed by atoms with Crippen LogP contribution >= 0.6 is 12.2 Å². The summed E-state index contributed by atoms with van der Waals surface area (Å²) in [6.45, 7) is 2.88. The molecule has 0 amide bonds. The van der Waals surface area contributed by atoms with Crippen molar-refractivity contribution in [3.63, 3.8) is 0 Å². The van der Waals surface area contributed by atoms with Gasteiger partial charge in [0.2, 0.25) is 0 Å². The van der Waals surface area contributed by atoms with Gasteiger partial charge in [-0.3, -0.25) is 0 Å². The first-order valence-electron chi connectivity index (χ1n) is 8.15. The monoisotopic (exact) mass is 302 g/mol. The third-order valence-corrected chi connectivity index (χ3v) is 4.98. The quantitative estimate of drug-likeness (QED) is 0.773. The Balaban J connectivity index is 1.81. The fourth-order valence-corrected chi connectivity index (χ4v) is 3.75. The number of imidazole rings is 1. The van der Waals surface area contributed by atoms with E-state index in [1.54, 1.807) is 0 Å². The Morgan fingerprint density at radius 3 is 2.62 bits per heavy atom. The van der Waals surface area contributed by atoms with Crippen molar-refractivity contribution >= 4 is 23.3 Å². The van der Waals surface area contributed by atoms with Crippen LogP contribution in [-0.4, -0.2) is 16.2 Å². The van der Waals surface area contributed by atoms with Crippen molar-refractivity contribution < 1.29 is 4.74 Å². The normalized spacial score (nSPS) is 18.6. The van der Waals surface area contributed by atoms with Crippen LogP contribution in [0.1, 0.15) is 45.1 Å². The minimum absolute atomic E-state index is 0.604. The molecule has 0 unspecified atom stereocenters. The molecule has 1 aromatic carbocycles. The molecule has 0 saturated heterocycles. The minimum atomic E-state index is 0.604. The van der Waals surface area contributed by atoms with Crippen LogP contribution in [0.15, 0.2) is 18.2 Å². The number of hydrogen-bond acceptors (Lipinski definition) is 2. The molecule has 1 N–H and O–H groups in total. The average Bonchev–Trinajstić information content (AvgIpc) is 3.37. The molecular weight excluding hydrogens is 280 g/mol. The summed E-state index contributed by atoms with van der Waals surface area (Å²) in [5.41, 5.74) is 2.29. The molecule has 4 rings (SSSR count). The van der Waals surface area contributed by atoms with E-state index < -0.39 is 0 Å². The SMILES string of the molecule is CCCOc1cccc2c1[nH]c(=S)n2C(C1CC1)C1CC1. The molecule has 0 aliphatic heterocycles. The van der Waals surface area contributed by atoms with Crippen LogP contribution in [0.2, 0.25) is 0 Å². The molecule has 0 spiro atoms. The van der Waals surface area contributed by atoms with Gasteiger partial charge in [0.25, 0.3) is 0 Å². The number of para-hydroxylation sites is 1. The molecule has 2 saturated carbocycles. The van der Waals surface area contributed by atoms with E-state index in [1.807, 2.05) is 6.07 Å². The van der Waals surface area contributed by atoms with Crippen LogP contribution in [0.25, 0.3) is 11.0 Å². The first-order valence-corrected chi connectivity index (χ1v) is 8.56. The number of aromatic nitrogens is 2. The second kappa shape index (κ2) is 5.16. The maximum Gasteiger partial charge on any atom is 0.178 e. The lowest BCUT2D eigenvalue weighted by Crippen LogP contribution is -2.13. The highest BCUT2D eigenvalue weighted by Crippen LogP contribution is 2.53. The molecule has 0 atom stereocenters. The number of ether oxygens (including phenoxy) is 1. The van der Waals surface area contributed by atoms with E-state index in [2.05, 4.69) is 28.6 Å². The molecule has 2 aliphatic rings. The Kier molecular flexibility index (Phi) is 3.29. The molecule has 0 bridgehead atoms. The third-order valence-electron chi connectivity index (χ3n) is 4.68. The summed E-state index contributed by atoms with van der Waals surface area (Å²) in [4.78, 5) is 3.40. The second-order valence-corrected chi connectivity index (χ2v) is 6.85. The molecule has 112 valence electrons. The Bertz CT molecular complexity index is 697. The van der Waals surface area contributed by atoms with Crippen molar-refractivity contribution in [2.75, 3.05) is 6.61 Å². The highest BCUT2D eigenvalue weighted by Gasteiger charge is 2.43. The summed E-state index contributed by atoms with van der Waals surface area (Å²) in [6.07, 6.45) is 6.47. The van der Waals surface area contributed by atoms with Gasteiger partial charge in [0, 0.05) is 6.04 Å². The van der Waals surface area contributed by atoms with Gasteiger partial charge in [-0.25, -0.2) is 0 Å². The fourth-order valence-electron chi connectivity index (χ4n) is 3.43. The number of fused-ring (bicyclic) bond motifs is 1. The number of nitrogens with zero attached hydrogens (tertiary/aromatic N) is 1. The predicted molar refractivity (Wildman–Crippen MR) is 87.4 cm³/mol. The summed E-state index contributed by atoms with van der Waals surface area (Å²) in [5, 5.41) is 0. The van der Waals surface area contributed by atoms with Crippen molar-refractivity contribution in [1.82, 2.24) is 9.55 Å². The lowest BCUT2D eigenvalue weighted by molar-refractivity contribution is 0.320. The Hall–Kier alpha value is -1.29. The van der Waals surface area contributed by atoms with Gasteiger partial charge in [0.05, 0.1) is 12.1 Å². The van der Waals surface area contributed by atoms with Gasteiger partial charge < -0.3 is 14.3 Å². The van der Waals surface area contributed by atoms with Gasteiger partial charge in [-0.05, 0) is 68.3 Å². The zero-order valence-electron chi connectivity index (χ0n) is 12.5. The Morgan fingerprint density at radius 1 is 1.29 bits per heavy atom. The average molecular weight is 302 g/mol. The van der Waals surface area contributed by atoms with Gasteiger partial charge in [0.15, 0.2) is 4.77 Å². The first-order chi connectivity index (χ1) is 10.3. The lowest BCUT2D eigenvalue weighted by Gasteiger charge is -2.18.